The maximum Gasteiger partial charge on any atom is 0.293 e. The summed E-state index contributed by atoms with van der Waals surface area (Å²) in [6, 6.07) is 9.88. The van der Waals surface area contributed by atoms with Crippen molar-refractivity contribution in [3.8, 4) is 17.2 Å². The van der Waals surface area contributed by atoms with Crippen molar-refractivity contribution in [2.24, 2.45) is 0 Å². The van der Waals surface area contributed by atoms with Crippen molar-refractivity contribution in [1.29, 1.82) is 0 Å². The van der Waals surface area contributed by atoms with Gasteiger partial charge in [-0.1, -0.05) is 12.1 Å². The summed E-state index contributed by atoms with van der Waals surface area (Å²) in [6.45, 7) is 0. The second kappa shape index (κ2) is 6.79. The highest BCUT2D eigenvalue weighted by molar-refractivity contribution is 6.46. The second-order valence-electron chi connectivity index (χ2n) is 5.66. The third-order valence-corrected chi connectivity index (χ3v) is 4.15. The lowest BCUT2D eigenvalue weighted by atomic mass is 9.95. The van der Waals surface area contributed by atoms with Gasteiger partial charge in [-0.3, -0.25) is 9.59 Å². The number of carbonyl (C=O) groups is 2. The number of hydrogen-bond acceptors (Lipinski definition) is 6. The summed E-state index contributed by atoms with van der Waals surface area (Å²) < 4.78 is 10.4. The van der Waals surface area contributed by atoms with Gasteiger partial charge in [0, 0.05) is 5.56 Å². The zero-order chi connectivity index (χ0) is 18.8. The van der Waals surface area contributed by atoms with Crippen LogP contribution in [0.25, 0.3) is 5.76 Å². The highest BCUT2D eigenvalue weighted by atomic mass is 16.5. The molecule has 26 heavy (non-hydrogen) atoms. The molecule has 1 atom stereocenters. The van der Waals surface area contributed by atoms with Gasteiger partial charge in [-0.05, 0) is 35.9 Å². The number of Topliss-reactive ketones (excluding diaryl/α,β-unsaturated/α-hetero) is 1. The molecule has 1 heterocycles. The number of aliphatic hydroxyl groups is 1. The SMILES string of the molecule is COc1ccc(C(O)=C2C(=O)C(=O)NC2c2ccc(O)cc2)cc1OC. The van der Waals surface area contributed by atoms with Crippen LogP contribution in [0.2, 0.25) is 0 Å². The standard InChI is InChI=1S/C19H17NO6/c1-25-13-8-5-11(9-14(13)26-2)17(22)15-16(20-19(24)18(15)23)10-3-6-12(21)7-4-10/h3-9,16,21-22H,1-2H3,(H,20,24). The van der Waals surface area contributed by atoms with Crippen LogP contribution in [0.3, 0.4) is 0 Å². The topological polar surface area (TPSA) is 105 Å². The van der Waals surface area contributed by atoms with Crippen LogP contribution in [0.4, 0.5) is 0 Å². The fraction of sp³-hybridized carbons (Fsp3) is 0.158. The van der Waals surface area contributed by atoms with Crippen LogP contribution in [-0.2, 0) is 9.59 Å². The molecule has 0 saturated carbocycles. The zero-order valence-electron chi connectivity index (χ0n) is 14.1. The summed E-state index contributed by atoms with van der Waals surface area (Å²) in [4.78, 5) is 24.2. The van der Waals surface area contributed by atoms with Crippen LogP contribution in [0, 0.1) is 0 Å². The van der Waals surface area contributed by atoms with E-state index in [0.717, 1.165) is 0 Å². The Balaban J connectivity index is 2.11. The molecular formula is C19H17NO6. The van der Waals surface area contributed by atoms with Gasteiger partial charge < -0.3 is 25.0 Å². The molecule has 1 fully saturated rings. The van der Waals surface area contributed by atoms with Gasteiger partial charge >= 0.3 is 0 Å². The van der Waals surface area contributed by atoms with Crippen LogP contribution in [-0.4, -0.2) is 36.1 Å². The molecule has 2 aromatic carbocycles. The predicted octanol–water partition coefficient (Wildman–Crippen LogP) is 2.12. The molecule has 1 aliphatic rings. The van der Waals surface area contributed by atoms with Crippen LogP contribution in [0.1, 0.15) is 17.2 Å². The molecule has 3 N–H and O–H groups in total. The Morgan fingerprint density at radius 3 is 2.27 bits per heavy atom. The Morgan fingerprint density at radius 1 is 1.00 bits per heavy atom. The number of rotatable bonds is 4. The predicted molar refractivity (Wildman–Crippen MR) is 93.1 cm³/mol. The minimum atomic E-state index is -0.816. The highest BCUT2D eigenvalue weighted by Crippen LogP contribution is 2.36. The van der Waals surface area contributed by atoms with Crippen molar-refractivity contribution >= 4 is 17.4 Å². The van der Waals surface area contributed by atoms with Gasteiger partial charge in [-0.25, -0.2) is 0 Å². The lowest BCUT2D eigenvalue weighted by Crippen LogP contribution is -2.21. The van der Waals surface area contributed by atoms with Crippen molar-refractivity contribution in [1.82, 2.24) is 5.32 Å². The first-order chi connectivity index (χ1) is 12.5. The van der Waals surface area contributed by atoms with Gasteiger partial charge in [-0.15, -0.1) is 0 Å². The number of ether oxygens (including phenoxy) is 2. The Morgan fingerprint density at radius 2 is 1.65 bits per heavy atom. The average molecular weight is 355 g/mol. The number of carbonyl (C=O) groups excluding carboxylic acids is 2. The summed E-state index contributed by atoms with van der Waals surface area (Å²) in [6.07, 6.45) is 0. The van der Waals surface area contributed by atoms with Crippen molar-refractivity contribution in [2.75, 3.05) is 14.2 Å². The summed E-state index contributed by atoms with van der Waals surface area (Å²) in [7, 11) is 2.94. The number of amides is 1. The number of aromatic hydroxyl groups is 1. The number of phenols is 1. The molecule has 0 aliphatic carbocycles. The molecular weight excluding hydrogens is 338 g/mol. The molecule has 0 radical (unpaired) electrons. The second-order valence-corrected chi connectivity index (χ2v) is 5.66. The maximum absolute atomic E-state index is 12.3. The third kappa shape index (κ3) is 2.95. The minimum absolute atomic E-state index is 0.0547. The minimum Gasteiger partial charge on any atom is -0.508 e. The molecule has 1 aliphatic heterocycles. The van der Waals surface area contributed by atoms with E-state index in [1.165, 1.54) is 32.4 Å². The fourth-order valence-electron chi connectivity index (χ4n) is 2.82. The Bertz CT molecular complexity index is 901. The number of benzene rings is 2. The van der Waals surface area contributed by atoms with Gasteiger partial charge in [-0.2, -0.15) is 0 Å². The van der Waals surface area contributed by atoms with Gasteiger partial charge in [0.15, 0.2) is 11.5 Å². The van der Waals surface area contributed by atoms with E-state index in [1.54, 1.807) is 24.3 Å². The van der Waals surface area contributed by atoms with Crippen molar-refractivity contribution < 1.29 is 29.3 Å². The van der Waals surface area contributed by atoms with E-state index in [9.17, 15) is 19.8 Å². The van der Waals surface area contributed by atoms with Crippen LogP contribution < -0.4 is 14.8 Å². The summed E-state index contributed by atoms with van der Waals surface area (Å²) in [5, 5.41) is 22.7. The van der Waals surface area contributed by atoms with Crippen molar-refractivity contribution in [2.45, 2.75) is 6.04 Å². The molecule has 0 aromatic heterocycles. The molecule has 3 rings (SSSR count). The molecule has 134 valence electrons. The normalized spacial score (nSPS) is 18.5. The number of nitrogens with one attached hydrogen (secondary N) is 1. The Kier molecular flexibility index (Phi) is 4.53. The maximum atomic E-state index is 12.3. The fourth-order valence-corrected chi connectivity index (χ4v) is 2.82. The van der Waals surface area contributed by atoms with Crippen LogP contribution in [0.15, 0.2) is 48.0 Å². The largest absolute Gasteiger partial charge is 0.508 e. The third-order valence-electron chi connectivity index (χ3n) is 4.15. The Hall–Kier alpha value is -3.48. The van der Waals surface area contributed by atoms with Crippen molar-refractivity contribution in [3.05, 3.63) is 59.2 Å². The average Bonchev–Trinajstić information content (AvgIpc) is 2.96. The van der Waals surface area contributed by atoms with Gasteiger partial charge in [0.1, 0.15) is 11.5 Å². The van der Waals surface area contributed by atoms with E-state index in [-0.39, 0.29) is 17.1 Å². The van der Waals surface area contributed by atoms with Crippen molar-refractivity contribution in [3.63, 3.8) is 0 Å². The molecule has 7 heteroatoms. The van der Waals surface area contributed by atoms with Gasteiger partial charge in [0.2, 0.25) is 0 Å². The molecule has 2 aromatic rings. The first kappa shape index (κ1) is 17.3. The lowest BCUT2D eigenvalue weighted by molar-refractivity contribution is -0.133. The van der Waals surface area contributed by atoms with E-state index >= 15 is 0 Å². The smallest absolute Gasteiger partial charge is 0.293 e. The van der Waals surface area contributed by atoms with E-state index < -0.39 is 17.7 Å². The summed E-state index contributed by atoms with van der Waals surface area (Å²) in [5.74, 6) is -1.04. The number of hydrogen-bond donors (Lipinski definition) is 3. The number of ketones is 1. The van der Waals surface area contributed by atoms with E-state index in [4.69, 9.17) is 9.47 Å². The first-order valence-corrected chi connectivity index (χ1v) is 7.76. The van der Waals surface area contributed by atoms with E-state index in [2.05, 4.69) is 5.32 Å². The number of phenolic OH excluding ortho intramolecular Hbond substituents is 1. The first-order valence-electron chi connectivity index (χ1n) is 7.76. The molecule has 0 bridgehead atoms. The van der Waals surface area contributed by atoms with Gasteiger partial charge in [0.25, 0.3) is 11.7 Å². The molecule has 1 unspecified atom stereocenters. The number of aliphatic hydroxyl groups excluding tert-OH is 1. The highest BCUT2D eigenvalue weighted by Gasteiger charge is 2.39. The summed E-state index contributed by atoms with van der Waals surface area (Å²) >= 11 is 0. The summed E-state index contributed by atoms with van der Waals surface area (Å²) in [5.41, 5.74) is 0.809. The van der Waals surface area contributed by atoms with Crippen LogP contribution >= 0.6 is 0 Å². The molecule has 7 nitrogen and oxygen atoms in total. The molecule has 0 spiro atoms. The quantitative estimate of drug-likeness (QED) is 0.441. The number of methoxy groups -OCH3 is 2. The van der Waals surface area contributed by atoms with Crippen LogP contribution in [0.5, 0.6) is 17.2 Å². The zero-order valence-corrected chi connectivity index (χ0v) is 14.1. The monoisotopic (exact) mass is 355 g/mol. The van der Waals surface area contributed by atoms with Gasteiger partial charge in [0.05, 0.1) is 25.8 Å². The lowest BCUT2D eigenvalue weighted by Gasteiger charge is -2.15. The molecule has 1 amide bonds. The van der Waals surface area contributed by atoms with E-state index in [0.29, 0.717) is 22.6 Å². The Labute approximate surface area is 149 Å². The van der Waals surface area contributed by atoms with E-state index in [1.807, 2.05) is 0 Å². The molecule has 1 saturated heterocycles.